The minimum atomic E-state index is -0.437. The van der Waals surface area contributed by atoms with Crippen LogP contribution in [0.2, 0.25) is 0 Å². The van der Waals surface area contributed by atoms with E-state index in [4.69, 9.17) is 5.26 Å². The number of hydrogen-bond acceptors (Lipinski definition) is 2. The molecule has 1 aromatic rings. The summed E-state index contributed by atoms with van der Waals surface area (Å²) >= 11 is 0. The molecular weight excluding hydrogens is 239 g/mol. The number of halogens is 1. The summed E-state index contributed by atoms with van der Waals surface area (Å²) in [6.45, 7) is 2.20. The van der Waals surface area contributed by atoms with Crippen molar-refractivity contribution in [2.75, 3.05) is 5.32 Å². The van der Waals surface area contributed by atoms with Crippen LogP contribution in [0.15, 0.2) is 18.2 Å². The zero-order chi connectivity index (χ0) is 13.4. The van der Waals surface area contributed by atoms with E-state index in [1.807, 2.05) is 6.07 Å². The molecule has 100 valence electrons. The van der Waals surface area contributed by atoms with Gasteiger partial charge in [0.05, 0.1) is 5.56 Å². The smallest absolute Gasteiger partial charge is 0.143 e. The molecule has 4 unspecified atom stereocenters. The molecule has 2 saturated carbocycles. The Morgan fingerprint density at radius 3 is 2.79 bits per heavy atom. The molecule has 4 atom stereocenters. The van der Waals surface area contributed by atoms with Gasteiger partial charge in [0.2, 0.25) is 0 Å². The fraction of sp³-hybridized carbons (Fsp3) is 0.562. The van der Waals surface area contributed by atoms with Gasteiger partial charge in [-0.1, -0.05) is 6.42 Å². The van der Waals surface area contributed by atoms with Gasteiger partial charge in [-0.15, -0.1) is 0 Å². The Balaban J connectivity index is 1.68. The molecule has 19 heavy (non-hydrogen) atoms. The van der Waals surface area contributed by atoms with Crippen LogP contribution in [-0.2, 0) is 0 Å². The van der Waals surface area contributed by atoms with Crippen LogP contribution in [-0.4, -0.2) is 6.04 Å². The first-order valence-corrected chi connectivity index (χ1v) is 7.13. The first-order chi connectivity index (χ1) is 9.17. The van der Waals surface area contributed by atoms with Crippen LogP contribution in [0.5, 0.6) is 0 Å². The van der Waals surface area contributed by atoms with E-state index in [9.17, 15) is 4.39 Å². The van der Waals surface area contributed by atoms with Crippen molar-refractivity contribution in [3.8, 4) is 6.07 Å². The lowest BCUT2D eigenvalue weighted by molar-refractivity contribution is 0.304. The van der Waals surface area contributed by atoms with Crippen molar-refractivity contribution in [2.24, 2.45) is 17.8 Å². The number of fused-ring (bicyclic) bond motifs is 2. The summed E-state index contributed by atoms with van der Waals surface area (Å²) in [7, 11) is 0. The van der Waals surface area contributed by atoms with E-state index in [0.29, 0.717) is 6.04 Å². The number of nitriles is 1. The highest BCUT2D eigenvalue weighted by molar-refractivity contribution is 5.48. The molecule has 0 amide bonds. The third-order valence-electron chi connectivity index (χ3n) is 4.92. The Bertz CT molecular complexity index is 520. The average molecular weight is 258 g/mol. The van der Waals surface area contributed by atoms with E-state index < -0.39 is 5.82 Å². The van der Waals surface area contributed by atoms with Gasteiger partial charge in [0.25, 0.3) is 0 Å². The van der Waals surface area contributed by atoms with E-state index in [1.54, 1.807) is 12.1 Å². The molecule has 2 aliphatic carbocycles. The first kappa shape index (κ1) is 12.5. The Kier molecular flexibility index (Phi) is 3.18. The van der Waals surface area contributed by atoms with Crippen molar-refractivity contribution >= 4 is 5.69 Å². The van der Waals surface area contributed by atoms with Gasteiger partial charge in [0.1, 0.15) is 11.9 Å². The number of benzene rings is 1. The normalized spacial score (nSPS) is 30.1. The van der Waals surface area contributed by atoms with Crippen molar-refractivity contribution in [3.05, 3.63) is 29.6 Å². The van der Waals surface area contributed by atoms with Gasteiger partial charge in [0, 0.05) is 11.7 Å². The van der Waals surface area contributed by atoms with E-state index in [-0.39, 0.29) is 5.56 Å². The van der Waals surface area contributed by atoms with Crippen LogP contribution in [0.1, 0.15) is 38.2 Å². The highest BCUT2D eigenvalue weighted by Gasteiger charge is 2.41. The SMILES string of the molecule is CC(Nc1ccc(C#N)c(F)c1)C1CC2CCC1C2. The van der Waals surface area contributed by atoms with E-state index in [0.717, 1.165) is 23.4 Å². The molecule has 0 saturated heterocycles. The maximum atomic E-state index is 13.6. The predicted octanol–water partition coefficient (Wildman–Crippen LogP) is 3.93. The molecule has 0 spiro atoms. The van der Waals surface area contributed by atoms with Gasteiger partial charge < -0.3 is 5.32 Å². The molecule has 2 bridgehead atoms. The largest absolute Gasteiger partial charge is 0.382 e. The van der Waals surface area contributed by atoms with Crippen LogP contribution in [0.25, 0.3) is 0 Å². The second kappa shape index (κ2) is 4.85. The maximum absolute atomic E-state index is 13.6. The maximum Gasteiger partial charge on any atom is 0.143 e. The van der Waals surface area contributed by atoms with Crippen LogP contribution in [0.3, 0.4) is 0 Å². The van der Waals surface area contributed by atoms with Gasteiger partial charge in [0.15, 0.2) is 0 Å². The van der Waals surface area contributed by atoms with Crippen molar-refractivity contribution < 1.29 is 4.39 Å². The molecule has 2 nitrogen and oxygen atoms in total. The van der Waals surface area contributed by atoms with Gasteiger partial charge in [-0.05, 0) is 62.1 Å². The summed E-state index contributed by atoms with van der Waals surface area (Å²) in [5.41, 5.74) is 0.893. The molecular formula is C16H19FN2. The van der Waals surface area contributed by atoms with Gasteiger partial charge in [-0.2, -0.15) is 5.26 Å². The molecule has 0 aromatic heterocycles. The first-order valence-electron chi connectivity index (χ1n) is 7.13. The molecule has 0 aliphatic heterocycles. The van der Waals surface area contributed by atoms with E-state index in [2.05, 4.69) is 12.2 Å². The second-order valence-corrected chi connectivity index (χ2v) is 6.08. The lowest BCUT2D eigenvalue weighted by Gasteiger charge is -2.29. The highest BCUT2D eigenvalue weighted by atomic mass is 19.1. The van der Waals surface area contributed by atoms with Crippen molar-refractivity contribution in [1.29, 1.82) is 5.26 Å². The monoisotopic (exact) mass is 258 g/mol. The fourth-order valence-corrected chi connectivity index (χ4v) is 3.97. The van der Waals surface area contributed by atoms with Crippen LogP contribution in [0.4, 0.5) is 10.1 Å². The minimum Gasteiger partial charge on any atom is -0.382 e. The molecule has 2 aliphatic rings. The third-order valence-corrected chi connectivity index (χ3v) is 4.92. The van der Waals surface area contributed by atoms with Gasteiger partial charge >= 0.3 is 0 Å². The highest BCUT2D eigenvalue weighted by Crippen LogP contribution is 2.49. The number of rotatable bonds is 3. The summed E-state index contributed by atoms with van der Waals surface area (Å²) in [6, 6.07) is 7.00. The Labute approximate surface area is 113 Å². The Hall–Kier alpha value is -1.56. The molecule has 0 heterocycles. The predicted molar refractivity (Wildman–Crippen MR) is 73.1 cm³/mol. The van der Waals surface area contributed by atoms with Gasteiger partial charge in [-0.3, -0.25) is 0 Å². The zero-order valence-corrected chi connectivity index (χ0v) is 11.2. The number of nitrogens with one attached hydrogen (secondary N) is 1. The molecule has 1 aromatic carbocycles. The van der Waals surface area contributed by atoms with E-state index in [1.165, 1.54) is 31.7 Å². The number of hydrogen-bond donors (Lipinski definition) is 1. The third kappa shape index (κ3) is 2.32. The lowest BCUT2D eigenvalue weighted by Crippen LogP contribution is -2.29. The van der Waals surface area contributed by atoms with Crippen molar-refractivity contribution in [2.45, 2.75) is 38.6 Å². The Morgan fingerprint density at radius 1 is 1.37 bits per heavy atom. The van der Waals surface area contributed by atoms with Gasteiger partial charge in [-0.25, -0.2) is 4.39 Å². The summed E-state index contributed by atoms with van der Waals surface area (Å²) in [4.78, 5) is 0. The fourth-order valence-electron chi connectivity index (χ4n) is 3.97. The second-order valence-electron chi connectivity index (χ2n) is 6.08. The standard InChI is InChI=1S/C16H19FN2/c1-10(15-7-11-2-3-12(15)6-11)19-14-5-4-13(9-18)16(17)8-14/h4-5,8,10-12,15,19H,2-3,6-7H2,1H3. The lowest BCUT2D eigenvalue weighted by atomic mass is 9.84. The van der Waals surface area contributed by atoms with Crippen molar-refractivity contribution in [3.63, 3.8) is 0 Å². The summed E-state index contributed by atoms with van der Waals surface area (Å²) in [5.74, 6) is 2.07. The molecule has 3 heteroatoms. The summed E-state index contributed by atoms with van der Waals surface area (Å²) < 4.78 is 13.6. The van der Waals surface area contributed by atoms with Crippen LogP contribution < -0.4 is 5.32 Å². The molecule has 3 rings (SSSR count). The number of nitrogens with zero attached hydrogens (tertiary/aromatic N) is 1. The Morgan fingerprint density at radius 2 is 2.21 bits per heavy atom. The summed E-state index contributed by atoms with van der Waals surface area (Å²) in [6.07, 6.45) is 5.47. The zero-order valence-electron chi connectivity index (χ0n) is 11.2. The molecule has 1 N–H and O–H groups in total. The van der Waals surface area contributed by atoms with Crippen LogP contribution >= 0.6 is 0 Å². The van der Waals surface area contributed by atoms with Crippen LogP contribution in [0, 0.1) is 34.9 Å². The summed E-state index contributed by atoms with van der Waals surface area (Å²) in [5, 5.41) is 12.1. The van der Waals surface area contributed by atoms with E-state index >= 15 is 0 Å². The van der Waals surface area contributed by atoms with Crippen molar-refractivity contribution in [1.82, 2.24) is 0 Å². The molecule has 0 radical (unpaired) electrons. The molecule has 2 fully saturated rings. The minimum absolute atomic E-state index is 0.109. The average Bonchev–Trinajstić information content (AvgIpc) is 3.01. The topological polar surface area (TPSA) is 35.8 Å². The quantitative estimate of drug-likeness (QED) is 0.891. The number of anilines is 1.